The number of carbonyl (C=O) groups is 2. The molecule has 1 fully saturated rings. The molecule has 7 heteroatoms. The van der Waals surface area contributed by atoms with Crippen molar-refractivity contribution in [1.82, 2.24) is 10.2 Å². The van der Waals surface area contributed by atoms with Gasteiger partial charge in [0.1, 0.15) is 6.04 Å². The second-order valence-corrected chi connectivity index (χ2v) is 10.9. The molecule has 3 rings (SSSR count). The lowest BCUT2D eigenvalue weighted by Gasteiger charge is -2.32. The second-order valence-electron chi connectivity index (χ2n) is 9.12. The quantitative estimate of drug-likeness (QED) is 0.378. The van der Waals surface area contributed by atoms with Crippen molar-refractivity contribution in [3.8, 4) is 0 Å². The predicted molar refractivity (Wildman–Crippen MR) is 144 cm³/mol. The molecule has 0 unspecified atom stereocenters. The van der Waals surface area contributed by atoms with Crippen molar-refractivity contribution in [2.45, 2.75) is 77.3 Å². The zero-order valence-corrected chi connectivity index (χ0v) is 22.5. The normalized spacial score (nSPS) is 14.7. The van der Waals surface area contributed by atoms with Gasteiger partial charge in [-0.05, 0) is 50.8 Å². The van der Waals surface area contributed by atoms with Gasteiger partial charge in [-0.2, -0.15) is 0 Å². The fourth-order valence-electron chi connectivity index (χ4n) is 4.63. The van der Waals surface area contributed by atoms with Crippen LogP contribution in [0.15, 0.2) is 36.4 Å². The molecule has 1 atom stereocenters. The van der Waals surface area contributed by atoms with E-state index in [1.165, 1.54) is 16.7 Å². The molecule has 0 saturated heterocycles. The summed E-state index contributed by atoms with van der Waals surface area (Å²) in [5.74, 6) is 0.839. The van der Waals surface area contributed by atoms with Crippen molar-refractivity contribution in [3.05, 3.63) is 68.7 Å². The van der Waals surface area contributed by atoms with Crippen LogP contribution in [0.1, 0.15) is 61.3 Å². The Kier molecular flexibility index (Phi) is 10.2. The summed E-state index contributed by atoms with van der Waals surface area (Å²) in [6.07, 6.45) is 4.79. The third-order valence-corrected chi connectivity index (χ3v) is 7.95. The lowest BCUT2D eigenvalue weighted by atomic mass is 10.1. The number of thioether (sulfide) groups is 1. The molecule has 2 aromatic rings. The Morgan fingerprint density at radius 2 is 1.71 bits per heavy atom. The van der Waals surface area contributed by atoms with Gasteiger partial charge >= 0.3 is 0 Å². The van der Waals surface area contributed by atoms with E-state index in [0.717, 1.165) is 31.4 Å². The Balaban J connectivity index is 1.76. The zero-order chi connectivity index (χ0) is 24.7. The van der Waals surface area contributed by atoms with E-state index in [0.29, 0.717) is 22.0 Å². The number of halogens is 2. The number of nitrogens with one attached hydrogen (secondary N) is 1. The van der Waals surface area contributed by atoms with Crippen LogP contribution in [0.5, 0.6) is 0 Å². The summed E-state index contributed by atoms with van der Waals surface area (Å²) in [5, 5.41) is 4.17. The Morgan fingerprint density at radius 1 is 1.09 bits per heavy atom. The summed E-state index contributed by atoms with van der Waals surface area (Å²) in [6, 6.07) is 11.4. The Bertz CT molecular complexity index is 968. The number of hydrogen-bond acceptors (Lipinski definition) is 3. The number of rotatable bonds is 10. The molecule has 1 N–H and O–H groups in total. The molecule has 0 spiro atoms. The van der Waals surface area contributed by atoms with E-state index >= 15 is 0 Å². The summed E-state index contributed by atoms with van der Waals surface area (Å²) in [5.41, 5.74) is 4.30. The minimum absolute atomic E-state index is 0.0845. The number of benzene rings is 2. The standard InChI is InChI=1S/C27H34Cl2N2O2S/c1-4-25(27(33)30-21-8-5-6-9-21)31(15-22-23(28)10-7-11-24(22)29)26(32)17-34-16-20-13-18(2)12-19(3)14-20/h7,10-14,21,25H,4-6,8-9,15-17H2,1-3H3,(H,30,33)/t25-/m0/s1. The predicted octanol–water partition coefficient (Wildman–Crippen LogP) is 6.71. The summed E-state index contributed by atoms with van der Waals surface area (Å²) < 4.78 is 0. The smallest absolute Gasteiger partial charge is 0.243 e. The molecule has 0 bridgehead atoms. The minimum Gasteiger partial charge on any atom is -0.352 e. The van der Waals surface area contributed by atoms with Crippen LogP contribution in [0, 0.1) is 13.8 Å². The van der Waals surface area contributed by atoms with Gasteiger partial charge in [-0.25, -0.2) is 0 Å². The SMILES string of the molecule is CC[C@@H](C(=O)NC1CCCC1)N(Cc1c(Cl)cccc1Cl)C(=O)CSCc1cc(C)cc(C)c1. The number of carbonyl (C=O) groups excluding carboxylic acids is 2. The first-order valence-electron chi connectivity index (χ1n) is 12.0. The van der Waals surface area contributed by atoms with Crippen LogP contribution < -0.4 is 5.32 Å². The maximum Gasteiger partial charge on any atom is 0.243 e. The molecule has 2 amide bonds. The molecule has 0 aliphatic heterocycles. The van der Waals surface area contributed by atoms with Crippen LogP contribution >= 0.6 is 35.0 Å². The van der Waals surface area contributed by atoms with Crippen LogP contribution in [0.25, 0.3) is 0 Å². The van der Waals surface area contributed by atoms with Gasteiger partial charge in [0, 0.05) is 33.9 Å². The van der Waals surface area contributed by atoms with Gasteiger partial charge in [0.15, 0.2) is 0 Å². The number of aryl methyl sites for hydroxylation is 2. The lowest BCUT2D eigenvalue weighted by molar-refractivity contribution is -0.139. The molecule has 4 nitrogen and oxygen atoms in total. The largest absolute Gasteiger partial charge is 0.352 e. The molecule has 1 aliphatic carbocycles. The van der Waals surface area contributed by atoms with Crippen LogP contribution in [-0.2, 0) is 21.9 Å². The Hall–Kier alpha value is -1.69. The first-order chi connectivity index (χ1) is 16.3. The number of amides is 2. The molecule has 0 radical (unpaired) electrons. The Labute approximate surface area is 217 Å². The van der Waals surface area contributed by atoms with Crippen molar-refractivity contribution in [2.75, 3.05) is 5.75 Å². The van der Waals surface area contributed by atoms with Gasteiger partial charge < -0.3 is 10.2 Å². The maximum atomic E-state index is 13.5. The highest BCUT2D eigenvalue weighted by atomic mass is 35.5. The van der Waals surface area contributed by atoms with E-state index in [-0.39, 0.29) is 30.2 Å². The molecule has 0 heterocycles. The number of nitrogens with zero attached hydrogens (tertiary/aromatic N) is 1. The average Bonchev–Trinajstić information content (AvgIpc) is 3.27. The van der Waals surface area contributed by atoms with Crippen molar-refractivity contribution in [1.29, 1.82) is 0 Å². The van der Waals surface area contributed by atoms with Gasteiger partial charge in [-0.3, -0.25) is 9.59 Å². The summed E-state index contributed by atoms with van der Waals surface area (Å²) >= 11 is 14.4. The van der Waals surface area contributed by atoms with Crippen LogP contribution in [0.3, 0.4) is 0 Å². The van der Waals surface area contributed by atoms with Gasteiger partial charge in [-0.1, -0.05) is 78.4 Å². The van der Waals surface area contributed by atoms with E-state index < -0.39 is 6.04 Å². The second kappa shape index (κ2) is 12.9. The molecule has 1 saturated carbocycles. The van der Waals surface area contributed by atoms with Gasteiger partial charge in [0.2, 0.25) is 11.8 Å². The van der Waals surface area contributed by atoms with Crippen LogP contribution in [-0.4, -0.2) is 34.6 Å². The Morgan fingerprint density at radius 3 is 2.29 bits per heavy atom. The van der Waals surface area contributed by atoms with E-state index in [2.05, 4.69) is 37.4 Å². The van der Waals surface area contributed by atoms with Gasteiger partial charge in [-0.15, -0.1) is 11.8 Å². The van der Waals surface area contributed by atoms with Crippen molar-refractivity contribution < 1.29 is 9.59 Å². The van der Waals surface area contributed by atoms with Crippen LogP contribution in [0.4, 0.5) is 0 Å². The first-order valence-corrected chi connectivity index (χ1v) is 13.9. The maximum absolute atomic E-state index is 13.5. The van der Waals surface area contributed by atoms with Gasteiger partial charge in [0.25, 0.3) is 0 Å². The topological polar surface area (TPSA) is 49.4 Å². The highest BCUT2D eigenvalue weighted by Gasteiger charge is 2.31. The fourth-order valence-corrected chi connectivity index (χ4v) is 5.99. The third-order valence-electron chi connectivity index (χ3n) is 6.25. The van der Waals surface area contributed by atoms with E-state index in [4.69, 9.17) is 23.2 Å². The summed E-state index contributed by atoms with van der Waals surface area (Å²) in [4.78, 5) is 28.4. The highest BCUT2D eigenvalue weighted by Crippen LogP contribution is 2.28. The fraction of sp³-hybridized carbons (Fsp3) is 0.481. The third kappa shape index (κ3) is 7.40. The van der Waals surface area contributed by atoms with Crippen molar-refractivity contribution >= 4 is 46.8 Å². The van der Waals surface area contributed by atoms with E-state index in [1.54, 1.807) is 34.9 Å². The van der Waals surface area contributed by atoms with Crippen molar-refractivity contribution in [2.24, 2.45) is 0 Å². The average molecular weight is 522 g/mol. The number of hydrogen-bond donors (Lipinski definition) is 1. The monoisotopic (exact) mass is 520 g/mol. The summed E-state index contributed by atoms with van der Waals surface area (Å²) in [6.45, 7) is 6.31. The molecule has 1 aliphatic rings. The molecule has 2 aromatic carbocycles. The van der Waals surface area contributed by atoms with E-state index in [9.17, 15) is 9.59 Å². The van der Waals surface area contributed by atoms with Gasteiger partial charge in [0.05, 0.1) is 5.75 Å². The zero-order valence-electron chi connectivity index (χ0n) is 20.2. The lowest BCUT2D eigenvalue weighted by Crippen LogP contribution is -2.51. The minimum atomic E-state index is -0.567. The highest BCUT2D eigenvalue weighted by molar-refractivity contribution is 7.99. The van der Waals surface area contributed by atoms with Crippen LogP contribution in [0.2, 0.25) is 10.0 Å². The molecular formula is C27H34Cl2N2O2S. The molecule has 0 aromatic heterocycles. The summed E-state index contributed by atoms with van der Waals surface area (Å²) in [7, 11) is 0. The molecule has 34 heavy (non-hydrogen) atoms. The first kappa shape index (κ1) is 26.9. The molecule has 184 valence electrons. The molecular weight excluding hydrogens is 487 g/mol. The van der Waals surface area contributed by atoms with Crippen molar-refractivity contribution in [3.63, 3.8) is 0 Å². The van der Waals surface area contributed by atoms with E-state index in [1.807, 2.05) is 6.92 Å².